The van der Waals surface area contributed by atoms with Crippen LogP contribution in [0.15, 0.2) is 76.2 Å². The highest BCUT2D eigenvalue weighted by Gasteiger charge is 2.15. The maximum atomic E-state index is 11.5. The minimum absolute atomic E-state index is 0.541. The molecule has 0 aromatic heterocycles. The normalized spacial score (nSPS) is 19.6. The van der Waals surface area contributed by atoms with Crippen molar-refractivity contribution < 1.29 is 4.79 Å². The number of hydrogen-bond acceptors (Lipinski definition) is 4. The summed E-state index contributed by atoms with van der Waals surface area (Å²) in [6.45, 7) is 3.99. The van der Waals surface area contributed by atoms with E-state index in [2.05, 4.69) is 34.1 Å². The van der Waals surface area contributed by atoms with Crippen molar-refractivity contribution in [2.45, 2.75) is 39.5 Å². The van der Waals surface area contributed by atoms with Gasteiger partial charge in [0.1, 0.15) is 6.29 Å². The predicted molar refractivity (Wildman–Crippen MR) is 110 cm³/mol. The molecule has 1 saturated carbocycles. The van der Waals surface area contributed by atoms with E-state index in [0.717, 1.165) is 40.8 Å². The average Bonchev–Trinajstić information content (AvgIpc) is 2.86. The lowest BCUT2D eigenvalue weighted by atomic mass is 9.84. The van der Waals surface area contributed by atoms with Gasteiger partial charge in [-0.3, -0.25) is 10.2 Å². The highest BCUT2D eigenvalue weighted by molar-refractivity contribution is 6.12. The summed E-state index contributed by atoms with van der Waals surface area (Å²) >= 11 is 0. The Morgan fingerprint density at radius 3 is 2.69 bits per heavy atom. The standard InChI is InChI=1S/C22H29N3O/c1-17(13-20(16-26)14-19-9-8-10-19)22(18(2)15-23-3)25-24-21-11-6-4-5-7-12-21/h4,6-7,11-16,19,23-24H,5,8-10H2,1-3H3/b17-13+,18-15+,20-14-,25-22-. The number of allylic oxidation sites excluding steroid dienone is 10. The minimum Gasteiger partial charge on any atom is -0.394 e. The Kier molecular flexibility index (Phi) is 7.87. The largest absolute Gasteiger partial charge is 0.394 e. The molecule has 26 heavy (non-hydrogen) atoms. The lowest BCUT2D eigenvalue weighted by Gasteiger charge is -2.21. The second kappa shape index (κ2) is 10.4. The molecule has 2 N–H and O–H groups in total. The SMILES string of the molecule is CN/C=C(C)/C(=N\NC1=CC=CCC=C1)C(/C)=C/C(C=O)=C/C1CCC1. The van der Waals surface area contributed by atoms with Crippen molar-refractivity contribution in [3.63, 3.8) is 0 Å². The molecule has 0 amide bonds. The van der Waals surface area contributed by atoms with Gasteiger partial charge in [-0.25, -0.2) is 0 Å². The fourth-order valence-electron chi connectivity index (χ4n) is 2.87. The van der Waals surface area contributed by atoms with Gasteiger partial charge >= 0.3 is 0 Å². The Hall–Kier alpha value is -2.62. The first-order valence-electron chi connectivity index (χ1n) is 9.21. The van der Waals surface area contributed by atoms with Gasteiger partial charge in [-0.1, -0.05) is 30.7 Å². The monoisotopic (exact) mass is 351 g/mol. The van der Waals surface area contributed by atoms with Crippen molar-refractivity contribution in [3.05, 3.63) is 71.1 Å². The third kappa shape index (κ3) is 6.03. The van der Waals surface area contributed by atoms with Crippen LogP contribution < -0.4 is 10.7 Å². The number of hydrogen-bond donors (Lipinski definition) is 2. The lowest BCUT2D eigenvalue weighted by Crippen LogP contribution is -2.13. The lowest BCUT2D eigenvalue weighted by molar-refractivity contribution is -0.104. The summed E-state index contributed by atoms with van der Waals surface area (Å²) in [7, 11) is 1.86. The molecule has 0 unspecified atom stereocenters. The molecular weight excluding hydrogens is 322 g/mol. The number of carbonyl (C=O) groups is 1. The van der Waals surface area contributed by atoms with Gasteiger partial charge in [-0.05, 0) is 68.4 Å². The summed E-state index contributed by atoms with van der Waals surface area (Å²) in [5.74, 6) is 0.541. The highest BCUT2D eigenvalue weighted by atomic mass is 16.1. The summed E-state index contributed by atoms with van der Waals surface area (Å²) in [6.07, 6.45) is 21.6. The highest BCUT2D eigenvalue weighted by Crippen LogP contribution is 2.28. The van der Waals surface area contributed by atoms with Crippen molar-refractivity contribution in [2.24, 2.45) is 11.0 Å². The number of hydrazone groups is 1. The van der Waals surface area contributed by atoms with E-state index < -0.39 is 0 Å². The number of nitrogens with zero attached hydrogens (tertiary/aromatic N) is 1. The van der Waals surface area contributed by atoms with Crippen LogP contribution in [0, 0.1) is 5.92 Å². The maximum Gasteiger partial charge on any atom is 0.149 e. The zero-order valence-electron chi connectivity index (χ0n) is 16.0. The first-order valence-corrected chi connectivity index (χ1v) is 9.21. The van der Waals surface area contributed by atoms with Gasteiger partial charge in [0.25, 0.3) is 0 Å². The number of aldehydes is 1. The number of nitrogens with one attached hydrogen (secondary N) is 2. The first-order chi connectivity index (χ1) is 12.6. The molecule has 138 valence electrons. The van der Waals surface area contributed by atoms with Gasteiger partial charge in [-0.2, -0.15) is 5.10 Å². The summed E-state index contributed by atoms with van der Waals surface area (Å²) in [6, 6.07) is 0. The fourth-order valence-corrected chi connectivity index (χ4v) is 2.87. The summed E-state index contributed by atoms with van der Waals surface area (Å²) in [5, 5.41) is 7.65. The Labute approximate surface area is 156 Å². The Morgan fingerprint density at radius 2 is 2.04 bits per heavy atom. The van der Waals surface area contributed by atoms with Gasteiger partial charge in [-0.15, -0.1) is 0 Å². The van der Waals surface area contributed by atoms with Crippen LogP contribution in [0.25, 0.3) is 0 Å². The van der Waals surface area contributed by atoms with Crippen LogP contribution in [-0.4, -0.2) is 19.0 Å². The second-order valence-corrected chi connectivity index (χ2v) is 6.68. The van der Waals surface area contributed by atoms with E-state index in [1.807, 2.05) is 51.4 Å². The molecule has 2 aliphatic carbocycles. The van der Waals surface area contributed by atoms with Gasteiger partial charge in [0.05, 0.1) is 11.4 Å². The molecule has 0 aliphatic heterocycles. The quantitative estimate of drug-likeness (QED) is 0.225. The van der Waals surface area contributed by atoms with Crippen molar-refractivity contribution in [3.8, 4) is 0 Å². The minimum atomic E-state index is 0.541. The van der Waals surface area contributed by atoms with Crippen molar-refractivity contribution in [1.29, 1.82) is 0 Å². The van der Waals surface area contributed by atoms with E-state index >= 15 is 0 Å². The average molecular weight is 351 g/mol. The smallest absolute Gasteiger partial charge is 0.149 e. The molecule has 4 heteroatoms. The Morgan fingerprint density at radius 1 is 1.23 bits per heavy atom. The predicted octanol–water partition coefficient (Wildman–Crippen LogP) is 4.33. The first kappa shape index (κ1) is 19.7. The molecule has 0 bridgehead atoms. The molecule has 0 aromatic rings. The molecule has 2 rings (SSSR count). The van der Waals surface area contributed by atoms with Crippen LogP contribution in [-0.2, 0) is 4.79 Å². The van der Waals surface area contributed by atoms with Crippen LogP contribution in [0.5, 0.6) is 0 Å². The molecule has 0 spiro atoms. The molecular formula is C22H29N3O. The summed E-state index contributed by atoms with van der Waals surface area (Å²) in [5.41, 5.74) is 7.56. The van der Waals surface area contributed by atoms with E-state index in [-0.39, 0.29) is 0 Å². The Bertz CT molecular complexity index is 714. The summed E-state index contributed by atoms with van der Waals surface area (Å²) < 4.78 is 0. The molecule has 0 atom stereocenters. The summed E-state index contributed by atoms with van der Waals surface area (Å²) in [4.78, 5) is 11.5. The van der Waals surface area contributed by atoms with Crippen molar-refractivity contribution in [1.82, 2.24) is 10.7 Å². The van der Waals surface area contributed by atoms with Crippen LogP contribution in [0.3, 0.4) is 0 Å². The van der Waals surface area contributed by atoms with E-state index in [1.54, 1.807) is 0 Å². The molecule has 4 nitrogen and oxygen atoms in total. The zero-order valence-corrected chi connectivity index (χ0v) is 16.0. The van der Waals surface area contributed by atoms with Crippen LogP contribution >= 0.6 is 0 Å². The van der Waals surface area contributed by atoms with Crippen LogP contribution in [0.1, 0.15) is 39.5 Å². The second-order valence-electron chi connectivity index (χ2n) is 6.68. The molecule has 0 aromatic carbocycles. The molecule has 0 radical (unpaired) electrons. The van der Waals surface area contributed by atoms with Crippen LogP contribution in [0.2, 0.25) is 0 Å². The number of rotatable bonds is 8. The van der Waals surface area contributed by atoms with E-state index in [1.165, 1.54) is 19.3 Å². The van der Waals surface area contributed by atoms with E-state index in [4.69, 9.17) is 0 Å². The van der Waals surface area contributed by atoms with Crippen LogP contribution in [0.4, 0.5) is 0 Å². The molecule has 0 heterocycles. The molecule has 0 saturated heterocycles. The van der Waals surface area contributed by atoms with Gasteiger partial charge in [0.15, 0.2) is 0 Å². The zero-order chi connectivity index (χ0) is 18.8. The third-order valence-electron chi connectivity index (χ3n) is 4.48. The van der Waals surface area contributed by atoms with Gasteiger partial charge in [0, 0.05) is 18.8 Å². The topological polar surface area (TPSA) is 53.5 Å². The van der Waals surface area contributed by atoms with Gasteiger partial charge in [0.2, 0.25) is 0 Å². The van der Waals surface area contributed by atoms with Gasteiger partial charge < -0.3 is 5.32 Å². The third-order valence-corrected chi connectivity index (χ3v) is 4.48. The molecule has 2 aliphatic rings. The molecule has 1 fully saturated rings. The number of carbonyl (C=O) groups excluding carboxylic acids is 1. The van der Waals surface area contributed by atoms with Crippen molar-refractivity contribution >= 4 is 12.0 Å². The van der Waals surface area contributed by atoms with E-state index in [0.29, 0.717) is 5.92 Å². The Balaban J connectivity index is 2.26. The van der Waals surface area contributed by atoms with E-state index in [9.17, 15) is 4.79 Å². The maximum absolute atomic E-state index is 11.5. The van der Waals surface area contributed by atoms with Crippen molar-refractivity contribution in [2.75, 3.05) is 7.05 Å². The fraction of sp³-hybridized carbons (Fsp3) is 0.364.